The van der Waals surface area contributed by atoms with Crippen molar-refractivity contribution in [3.05, 3.63) is 24.3 Å². The van der Waals surface area contributed by atoms with Crippen LogP contribution in [0.25, 0.3) is 0 Å². The minimum atomic E-state index is 0.593. The Morgan fingerprint density at radius 1 is 1.29 bits per heavy atom. The molecule has 17 heavy (non-hydrogen) atoms. The lowest BCUT2D eigenvalue weighted by atomic mass is 10.3. The molecule has 0 atom stereocenters. The molecule has 1 aromatic carbocycles. The molecule has 1 aromatic rings. The molecule has 0 heterocycles. The molecule has 0 amide bonds. The van der Waals surface area contributed by atoms with Gasteiger partial charge < -0.3 is 9.64 Å². The van der Waals surface area contributed by atoms with Crippen LogP contribution in [0.5, 0.6) is 5.75 Å². The van der Waals surface area contributed by atoms with Crippen molar-refractivity contribution in [1.29, 1.82) is 0 Å². The fourth-order valence-corrected chi connectivity index (χ4v) is 1.48. The number of benzene rings is 1. The van der Waals surface area contributed by atoms with Crippen LogP contribution < -0.4 is 4.74 Å². The summed E-state index contributed by atoms with van der Waals surface area (Å²) in [7, 11) is 2.08. The van der Waals surface area contributed by atoms with Crippen molar-refractivity contribution in [2.24, 2.45) is 4.99 Å². The number of likely N-dealkylation sites (N-methyl/N-ethyl adjacent to an activating group) is 1. The van der Waals surface area contributed by atoms with E-state index >= 15 is 0 Å². The van der Waals surface area contributed by atoms with Crippen molar-refractivity contribution >= 4 is 11.8 Å². The second kappa shape index (κ2) is 7.60. The summed E-state index contributed by atoms with van der Waals surface area (Å²) in [4.78, 5) is 15.8. The molecule has 0 fully saturated rings. The van der Waals surface area contributed by atoms with Crippen LogP contribution in [0.15, 0.2) is 29.3 Å². The number of rotatable bonds is 7. The highest BCUT2D eigenvalue weighted by molar-refractivity contribution is 5.49. The Hall–Kier alpha value is -1.64. The molecule has 4 nitrogen and oxygen atoms in total. The maximum Gasteiger partial charge on any atom is 0.240 e. The lowest BCUT2D eigenvalue weighted by Crippen LogP contribution is -2.24. The van der Waals surface area contributed by atoms with E-state index in [0.717, 1.165) is 25.3 Å². The normalized spacial score (nSPS) is 10.1. The average molecular weight is 234 g/mol. The van der Waals surface area contributed by atoms with Gasteiger partial charge in [0.15, 0.2) is 0 Å². The van der Waals surface area contributed by atoms with Crippen molar-refractivity contribution in [2.45, 2.75) is 13.3 Å². The van der Waals surface area contributed by atoms with Crippen LogP contribution in [0.1, 0.15) is 13.3 Å². The van der Waals surface area contributed by atoms with E-state index in [0.29, 0.717) is 12.3 Å². The SMILES string of the molecule is CCCN(C)CCOc1ccc(N=C=O)cc1. The number of ether oxygens (including phenoxy) is 1. The van der Waals surface area contributed by atoms with Gasteiger partial charge in [0.1, 0.15) is 12.4 Å². The Labute approximate surface area is 102 Å². The summed E-state index contributed by atoms with van der Waals surface area (Å²) in [5.41, 5.74) is 0.593. The molecule has 0 bridgehead atoms. The molecule has 0 saturated heterocycles. The Morgan fingerprint density at radius 3 is 2.59 bits per heavy atom. The van der Waals surface area contributed by atoms with Gasteiger partial charge in [-0.25, -0.2) is 4.79 Å². The maximum atomic E-state index is 10.0. The quantitative estimate of drug-likeness (QED) is 0.537. The molecule has 0 aromatic heterocycles. The van der Waals surface area contributed by atoms with Gasteiger partial charge in [-0.15, -0.1) is 0 Å². The Bertz CT molecular complexity index is 370. The van der Waals surface area contributed by atoms with E-state index in [2.05, 4.69) is 23.9 Å². The van der Waals surface area contributed by atoms with Crippen LogP contribution in [0.3, 0.4) is 0 Å². The summed E-state index contributed by atoms with van der Waals surface area (Å²) < 4.78 is 5.57. The fourth-order valence-electron chi connectivity index (χ4n) is 1.48. The number of hydrogen-bond donors (Lipinski definition) is 0. The van der Waals surface area contributed by atoms with Crippen LogP contribution in [0.2, 0.25) is 0 Å². The van der Waals surface area contributed by atoms with Gasteiger partial charge in [0.25, 0.3) is 0 Å². The molecule has 0 spiro atoms. The minimum absolute atomic E-state index is 0.593. The summed E-state index contributed by atoms with van der Waals surface area (Å²) >= 11 is 0. The molecule has 92 valence electrons. The molecule has 0 aliphatic heterocycles. The lowest BCUT2D eigenvalue weighted by molar-refractivity contribution is 0.237. The molecule has 0 aliphatic rings. The maximum absolute atomic E-state index is 10.0. The van der Waals surface area contributed by atoms with Crippen molar-refractivity contribution in [3.8, 4) is 5.75 Å². The standard InChI is InChI=1S/C13H18N2O2/c1-3-8-15(2)9-10-17-13-6-4-12(5-7-13)14-11-16/h4-7H,3,8-10H2,1-2H3. The molecule has 0 saturated carbocycles. The molecule has 4 heteroatoms. The number of nitrogens with zero attached hydrogens (tertiary/aromatic N) is 2. The van der Waals surface area contributed by atoms with Crippen LogP contribution in [0.4, 0.5) is 5.69 Å². The predicted molar refractivity (Wildman–Crippen MR) is 67.5 cm³/mol. The lowest BCUT2D eigenvalue weighted by Gasteiger charge is -2.15. The third-order valence-electron chi connectivity index (χ3n) is 2.36. The topological polar surface area (TPSA) is 41.9 Å². The third-order valence-corrected chi connectivity index (χ3v) is 2.36. The minimum Gasteiger partial charge on any atom is -0.492 e. The molecular weight excluding hydrogens is 216 g/mol. The number of aliphatic imine (C=N–C) groups is 1. The molecular formula is C13H18N2O2. The van der Waals surface area contributed by atoms with E-state index < -0.39 is 0 Å². The van der Waals surface area contributed by atoms with Gasteiger partial charge in [-0.05, 0) is 44.3 Å². The van der Waals surface area contributed by atoms with Crippen LogP contribution >= 0.6 is 0 Å². The average Bonchev–Trinajstić information content (AvgIpc) is 2.32. The van der Waals surface area contributed by atoms with Crippen molar-refractivity contribution in [3.63, 3.8) is 0 Å². The second-order valence-corrected chi connectivity index (χ2v) is 3.85. The zero-order valence-electron chi connectivity index (χ0n) is 10.3. The van der Waals surface area contributed by atoms with E-state index in [-0.39, 0.29) is 0 Å². The van der Waals surface area contributed by atoms with Crippen molar-refractivity contribution in [2.75, 3.05) is 26.7 Å². The highest BCUT2D eigenvalue weighted by Gasteiger charge is 1.98. The molecule has 0 N–H and O–H groups in total. The first-order chi connectivity index (χ1) is 8.26. The van der Waals surface area contributed by atoms with E-state index in [1.165, 1.54) is 6.08 Å². The van der Waals surface area contributed by atoms with Crippen LogP contribution in [0, 0.1) is 0 Å². The Kier molecular flexibility index (Phi) is 6.00. The molecule has 1 rings (SSSR count). The van der Waals surface area contributed by atoms with E-state index in [1.54, 1.807) is 24.3 Å². The van der Waals surface area contributed by atoms with Crippen LogP contribution in [-0.2, 0) is 4.79 Å². The smallest absolute Gasteiger partial charge is 0.240 e. The summed E-state index contributed by atoms with van der Waals surface area (Å²) in [6.45, 7) is 4.80. The molecule has 0 radical (unpaired) electrons. The summed E-state index contributed by atoms with van der Waals surface area (Å²) in [6.07, 6.45) is 2.65. The summed E-state index contributed by atoms with van der Waals surface area (Å²) in [5, 5.41) is 0. The van der Waals surface area contributed by atoms with Gasteiger partial charge in [0.05, 0.1) is 5.69 Å². The Morgan fingerprint density at radius 2 is 2.00 bits per heavy atom. The van der Waals surface area contributed by atoms with E-state index in [4.69, 9.17) is 4.74 Å². The van der Waals surface area contributed by atoms with Gasteiger partial charge in [0.2, 0.25) is 6.08 Å². The monoisotopic (exact) mass is 234 g/mol. The zero-order chi connectivity index (χ0) is 12.5. The van der Waals surface area contributed by atoms with Gasteiger partial charge >= 0.3 is 0 Å². The van der Waals surface area contributed by atoms with Gasteiger partial charge in [-0.2, -0.15) is 4.99 Å². The Balaban J connectivity index is 2.34. The molecule has 0 unspecified atom stereocenters. The first kappa shape index (κ1) is 13.4. The molecule has 0 aliphatic carbocycles. The van der Waals surface area contributed by atoms with Gasteiger partial charge in [-0.1, -0.05) is 6.92 Å². The zero-order valence-corrected chi connectivity index (χ0v) is 10.3. The number of carbonyl (C=O) groups excluding carboxylic acids is 1. The number of hydrogen-bond acceptors (Lipinski definition) is 4. The highest BCUT2D eigenvalue weighted by Crippen LogP contribution is 2.17. The third kappa shape index (κ3) is 5.29. The first-order valence-corrected chi connectivity index (χ1v) is 5.75. The second-order valence-electron chi connectivity index (χ2n) is 3.85. The highest BCUT2D eigenvalue weighted by atomic mass is 16.5. The van der Waals surface area contributed by atoms with Gasteiger partial charge in [0, 0.05) is 6.54 Å². The van der Waals surface area contributed by atoms with E-state index in [1.807, 2.05) is 0 Å². The summed E-state index contributed by atoms with van der Waals surface area (Å²) in [5.74, 6) is 0.791. The number of isocyanates is 1. The van der Waals surface area contributed by atoms with Crippen molar-refractivity contribution < 1.29 is 9.53 Å². The fraction of sp³-hybridized carbons (Fsp3) is 0.462. The largest absolute Gasteiger partial charge is 0.492 e. The van der Waals surface area contributed by atoms with Gasteiger partial charge in [-0.3, -0.25) is 0 Å². The predicted octanol–water partition coefficient (Wildman–Crippen LogP) is 2.37. The van der Waals surface area contributed by atoms with Crippen LogP contribution in [-0.4, -0.2) is 37.7 Å². The van der Waals surface area contributed by atoms with Crippen molar-refractivity contribution in [1.82, 2.24) is 4.90 Å². The first-order valence-electron chi connectivity index (χ1n) is 5.75. The van der Waals surface area contributed by atoms with E-state index in [9.17, 15) is 4.79 Å². The summed E-state index contributed by atoms with van der Waals surface area (Å²) in [6, 6.07) is 7.07.